The van der Waals surface area contributed by atoms with Gasteiger partial charge in [-0.15, -0.1) is 0 Å². The van der Waals surface area contributed by atoms with E-state index in [2.05, 4.69) is 25.2 Å². The monoisotopic (exact) mass is 367 g/mol. The number of guanidine groups is 1. The van der Waals surface area contributed by atoms with Gasteiger partial charge in [-0.25, -0.2) is 0 Å². The molecule has 7 nitrogen and oxygen atoms in total. The first-order valence-corrected chi connectivity index (χ1v) is 9.68. The highest BCUT2D eigenvalue weighted by molar-refractivity contribution is 7.85. The molecule has 1 atom stereocenters. The first kappa shape index (κ1) is 20.9. The molecule has 0 fully saturated rings. The van der Waals surface area contributed by atoms with E-state index in [0.29, 0.717) is 30.1 Å². The number of nitrogens with two attached hydrogens (primary N) is 1. The van der Waals surface area contributed by atoms with Gasteiger partial charge in [0.05, 0.1) is 6.26 Å². The summed E-state index contributed by atoms with van der Waals surface area (Å²) in [6.07, 6.45) is 4.33. The molecular weight excluding hydrogens is 342 g/mol. The van der Waals surface area contributed by atoms with Crippen LogP contribution in [-0.4, -0.2) is 31.1 Å². The minimum absolute atomic E-state index is 0.264. The molecule has 1 amide bonds. The van der Waals surface area contributed by atoms with E-state index < -0.39 is 10.1 Å². The Morgan fingerprint density at radius 2 is 1.88 bits per heavy atom. The van der Waals surface area contributed by atoms with Gasteiger partial charge in [0.1, 0.15) is 0 Å². The fraction of sp³-hybridized carbons (Fsp3) is 0.412. The van der Waals surface area contributed by atoms with Gasteiger partial charge in [-0.1, -0.05) is 38.1 Å². The molecule has 0 saturated carbocycles. The van der Waals surface area contributed by atoms with Crippen LogP contribution in [0.1, 0.15) is 31.4 Å². The van der Waals surface area contributed by atoms with Crippen LogP contribution in [0.5, 0.6) is 0 Å². The number of benzene rings is 1. The average Bonchev–Trinajstić information content (AvgIpc) is 2.64. The van der Waals surface area contributed by atoms with Crippen LogP contribution in [0.3, 0.4) is 0 Å². The largest absolute Gasteiger partial charge is 0.370 e. The molecule has 1 aliphatic carbocycles. The maximum atomic E-state index is 12.1. The van der Waals surface area contributed by atoms with Crippen LogP contribution in [0, 0.1) is 17.2 Å². The lowest BCUT2D eigenvalue weighted by Crippen LogP contribution is -2.37. The number of nitrogens with one attached hydrogen (secondary N) is 2. The lowest BCUT2D eigenvalue weighted by molar-refractivity contribution is -0.116. The second kappa shape index (κ2) is 8.77. The maximum Gasteiger partial charge on any atom is 0.261 e. The number of rotatable bonds is 2. The van der Waals surface area contributed by atoms with Gasteiger partial charge in [0.25, 0.3) is 16.0 Å². The number of amides is 1. The molecular formula is C17H25N3O4S. The third-order valence-corrected chi connectivity index (χ3v) is 3.83. The minimum Gasteiger partial charge on any atom is -0.370 e. The SMILES string of the molecule is CC(C)C1CC(C(=O)NC(=N)N)=Cc2ccccc2C1.CS(=O)(=O)O. The molecule has 1 aromatic carbocycles. The van der Waals surface area contributed by atoms with Crippen molar-refractivity contribution in [3.8, 4) is 0 Å². The molecule has 1 aliphatic rings. The van der Waals surface area contributed by atoms with Crippen molar-refractivity contribution in [2.45, 2.75) is 26.7 Å². The van der Waals surface area contributed by atoms with E-state index in [1.807, 2.05) is 24.3 Å². The van der Waals surface area contributed by atoms with Crippen LogP contribution in [-0.2, 0) is 21.3 Å². The van der Waals surface area contributed by atoms with Crippen molar-refractivity contribution in [1.29, 1.82) is 5.41 Å². The molecule has 0 saturated heterocycles. The van der Waals surface area contributed by atoms with Crippen LogP contribution in [0.25, 0.3) is 6.08 Å². The summed E-state index contributed by atoms with van der Waals surface area (Å²) in [6.45, 7) is 4.36. The molecule has 1 aromatic rings. The quantitative estimate of drug-likeness (QED) is 0.359. The van der Waals surface area contributed by atoms with Crippen molar-refractivity contribution in [3.63, 3.8) is 0 Å². The van der Waals surface area contributed by atoms with E-state index in [4.69, 9.17) is 15.7 Å². The Balaban J connectivity index is 0.000000550. The molecule has 0 aliphatic heterocycles. The first-order valence-electron chi connectivity index (χ1n) is 7.83. The Hall–Kier alpha value is -2.19. The van der Waals surface area contributed by atoms with Gasteiger partial charge in [-0.05, 0) is 41.9 Å². The third kappa shape index (κ3) is 7.95. The molecule has 2 rings (SSSR count). The summed E-state index contributed by atoms with van der Waals surface area (Å²) in [5.41, 5.74) is 8.31. The van der Waals surface area contributed by atoms with Crippen molar-refractivity contribution in [3.05, 3.63) is 41.0 Å². The van der Waals surface area contributed by atoms with Crippen LogP contribution in [0.4, 0.5) is 0 Å². The van der Waals surface area contributed by atoms with Gasteiger partial charge in [-0.2, -0.15) is 8.42 Å². The predicted molar refractivity (Wildman–Crippen MR) is 98.6 cm³/mol. The molecule has 8 heteroatoms. The van der Waals surface area contributed by atoms with Crippen molar-refractivity contribution in [2.75, 3.05) is 6.26 Å². The van der Waals surface area contributed by atoms with Gasteiger partial charge in [0.2, 0.25) is 0 Å². The van der Waals surface area contributed by atoms with Gasteiger partial charge in [-0.3, -0.25) is 20.1 Å². The number of hydrogen-bond donors (Lipinski definition) is 4. The molecule has 1 unspecified atom stereocenters. The molecule has 0 aromatic heterocycles. The average molecular weight is 367 g/mol. The summed E-state index contributed by atoms with van der Waals surface area (Å²) >= 11 is 0. The van der Waals surface area contributed by atoms with Crippen molar-refractivity contribution < 1.29 is 17.8 Å². The summed E-state index contributed by atoms with van der Waals surface area (Å²) in [5.74, 6) is 0.340. The van der Waals surface area contributed by atoms with E-state index in [0.717, 1.165) is 12.0 Å². The molecule has 25 heavy (non-hydrogen) atoms. The van der Waals surface area contributed by atoms with Gasteiger partial charge in [0, 0.05) is 5.57 Å². The molecule has 138 valence electrons. The van der Waals surface area contributed by atoms with Crippen molar-refractivity contribution >= 4 is 28.1 Å². The molecule has 5 N–H and O–H groups in total. The van der Waals surface area contributed by atoms with E-state index in [1.54, 1.807) is 0 Å². The number of carbonyl (C=O) groups excluding carboxylic acids is 1. The lowest BCUT2D eigenvalue weighted by Gasteiger charge is -2.20. The third-order valence-electron chi connectivity index (χ3n) is 3.83. The highest BCUT2D eigenvalue weighted by Crippen LogP contribution is 2.31. The molecule has 0 heterocycles. The van der Waals surface area contributed by atoms with E-state index in [9.17, 15) is 13.2 Å². The molecule has 0 bridgehead atoms. The Bertz CT molecular complexity index is 762. The second-order valence-electron chi connectivity index (χ2n) is 6.38. The summed E-state index contributed by atoms with van der Waals surface area (Å²) in [5, 5.41) is 9.58. The summed E-state index contributed by atoms with van der Waals surface area (Å²) in [4.78, 5) is 12.1. The van der Waals surface area contributed by atoms with E-state index in [1.165, 1.54) is 5.56 Å². The van der Waals surface area contributed by atoms with Crippen LogP contribution in [0.15, 0.2) is 29.8 Å². The molecule has 0 spiro atoms. The smallest absolute Gasteiger partial charge is 0.261 e. The number of hydrogen-bond acceptors (Lipinski definition) is 4. The highest BCUT2D eigenvalue weighted by atomic mass is 32.2. The summed E-state index contributed by atoms with van der Waals surface area (Å²) < 4.78 is 25.9. The van der Waals surface area contributed by atoms with Crippen molar-refractivity contribution in [2.24, 2.45) is 17.6 Å². The second-order valence-corrected chi connectivity index (χ2v) is 7.85. The zero-order chi connectivity index (χ0) is 19.2. The Morgan fingerprint density at radius 1 is 1.32 bits per heavy atom. The number of carbonyl (C=O) groups is 1. The first-order chi connectivity index (χ1) is 11.5. The normalized spacial score (nSPS) is 16.7. The zero-order valence-corrected chi connectivity index (χ0v) is 15.4. The van der Waals surface area contributed by atoms with E-state index >= 15 is 0 Å². The fourth-order valence-corrected chi connectivity index (χ4v) is 2.58. The van der Waals surface area contributed by atoms with E-state index in [-0.39, 0.29) is 11.9 Å². The predicted octanol–water partition coefficient (Wildman–Crippen LogP) is 1.80. The standard InChI is InChI=1S/C16H21N3O.CH4O3S/c1-10(2)13-7-11-5-3-4-6-12(11)8-14(9-13)15(20)19-16(17)18;1-5(2,3)4/h3-6,8,10,13H,7,9H2,1-2H3,(H4,17,18,19,20);1H3,(H,2,3,4). The Kier molecular flexibility index (Phi) is 7.32. The zero-order valence-electron chi connectivity index (χ0n) is 14.6. The van der Waals surface area contributed by atoms with Gasteiger partial charge >= 0.3 is 0 Å². The van der Waals surface area contributed by atoms with Crippen LogP contribution in [0.2, 0.25) is 0 Å². The van der Waals surface area contributed by atoms with Crippen LogP contribution < -0.4 is 11.1 Å². The molecule has 0 radical (unpaired) electrons. The maximum absolute atomic E-state index is 12.1. The van der Waals surface area contributed by atoms with Gasteiger partial charge < -0.3 is 5.73 Å². The highest BCUT2D eigenvalue weighted by Gasteiger charge is 2.23. The topological polar surface area (TPSA) is 133 Å². The van der Waals surface area contributed by atoms with Crippen molar-refractivity contribution in [1.82, 2.24) is 5.32 Å². The lowest BCUT2D eigenvalue weighted by atomic mass is 9.85. The minimum atomic E-state index is -3.67. The van der Waals surface area contributed by atoms with Crippen LogP contribution >= 0.6 is 0 Å². The summed E-state index contributed by atoms with van der Waals surface area (Å²) in [6, 6.07) is 8.16. The summed E-state index contributed by atoms with van der Waals surface area (Å²) in [7, 11) is -3.67. The van der Waals surface area contributed by atoms with Gasteiger partial charge in [0.15, 0.2) is 5.96 Å². The Morgan fingerprint density at radius 3 is 2.40 bits per heavy atom. The Labute approximate surface area is 148 Å². The fourth-order valence-electron chi connectivity index (χ4n) is 2.58. The number of fused-ring (bicyclic) bond motifs is 1.